The average Bonchev–Trinajstić information content (AvgIpc) is 3.21. The number of halogens is 3. The highest BCUT2D eigenvalue weighted by Crippen LogP contribution is 2.33. The quantitative estimate of drug-likeness (QED) is 0.782. The summed E-state index contributed by atoms with van der Waals surface area (Å²) in [5.41, 5.74) is 1.83. The van der Waals surface area contributed by atoms with Gasteiger partial charge in [0.15, 0.2) is 0 Å². The SMILES string of the molecule is CCCNCc1ccc(N(CC(F)(F)F)C2CC2)nc1C. The highest BCUT2D eigenvalue weighted by molar-refractivity contribution is 5.44. The van der Waals surface area contributed by atoms with Crippen molar-refractivity contribution in [2.45, 2.75) is 51.9 Å². The molecule has 0 aromatic carbocycles. The number of anilines is 1. The zero-order chi connectivity index (χ0) is 15.5. The van der Waals surface area contributed by atoms with Crippen LogP contribution in [0, 0.1) is 6.92 Å². The van der Waals surface area contributed by atoms with Crippen molar-refractivity contribution in [3.05, 3.63) is 23.4 Å². The van der Waals surface area contributed by atoms with E-state index in [9.17, 15) is 13.2 Å². The number of pyridine rings is 1. The predicted octanol–water partition coefficient (Wildman–Crippen LogP) is 3.42. The molecule has 21 heavy (non-hydrogen) atoms. The summed E-state index contributed by atoms with van der Waals surface area (Å²) in [5, 5.41) is 3.28. The molecule has 0 unspecified atom stereocenters. The molecule has 0 aliphatic heterocycles. The number of rotatable bonds is 7. The Morgan fingerprint density at radius 1 is 1.33 bits per heavy atom. The zero-order valence-electron chi connectivity index (χ0n) is 12.5. The van der Waals surface area contributed by atoms with E-state index in [-0.39, 0.29) is 6.04 Å². The molecule has 3 nitrogen and oxygen atoms in total. The molecule has 0 radical (unpaired) electrons. The molecule has 0 spiro atoms. The molecule has 1 saturated carbocycles. The molecule has 0 amide bonds. The first-order valence-electron chi connectivity index (χ1n) is 7.41. The van der Waals surface area contributed by atoms with E-state index in [1.165, 1.54) is 4.90 Å². The van der Waals surface area contributed by atoms with Gasteiger partial charge < -0.3 is 10.2 Å². The summed E-state index contributed by atoms with van der Waals surface area (Å²) in [7, 11) is 0. The zero-order valence-corrected chi connectivity index (χ0v) is 12.5. The fraction of sp³-hybridized carbons (Fsp3) is 0.667. The molecule has 0 atom stereocenters. The second-order valence-electron chi connectivity index (χ2n) is 5.57. The van der Waals surface area contributed by atoms with Gasteiger partial charge in [-0.25, -0.2) is 4.98 Å². The van der Waals surface area contributed by atoms with Gasteiger partial charge in [0.25, 0.3) is 0 Å². The van der Waals surface area contributed by atoms with E-state index in [0.717, 1.165) is 37.1 Å². The Morgan fingerprint density at radius 3 is 2.57 bits per heavy atom. The molecular formula is C15H22F3N3. The fourth-order valence-corrected chi connectivity index (χ4v) is 2.30. The summed E-state index contributed by atoms with van der Waals surface area (Å²) in [6.07, 6.45) is -1.52. The minimum atomic E-state index is -4.19. The van der Waals surface area contributed by atoms with Crippen LogP contribution < -0.4 is 10.2 Å². The fourth-order valence-electron chi connectivity index (χ4n) is 2.30. The molecule has 1 aromatic heterocycles. The lowest BCUT2D eigenvalue weighted by Crippen LogP contribution is -2.36. The van der Waals surface area contributed by atoms with Crippen molar-refractivity contribution in [3.8, 4) is 0 Å². The van der Waals surface area contributed by atoms with Gasteiger partial charge in [-0.15, -0.1) is 0 Å². The lowest BCUT2D eigenvalue weighted by atomic mass is 10.2. The summed E-state index contributed by atoms with van der Waals surface area (Å²) in [6.45, 7) is 4.65. The smallest absolute Gasteiger partial charge is 0.345 e. The standard InChI is InChI=1S/C15H22F3N3/c1-3-8-19-9-12-4-7-14(20-11(12)2)21(13-5-6-13)10-15(16,17)18/h4,7,13,19H,3,5-6,8-10H2,1-2H3. The normalized spacial score (nSPS) is 15.3. The number of hydrogen-bond acceptors (Lipinski definition) is 3. The molecule has 118 valence electrons. The van der Waals surface area contributed by atoms with Crippen LogP contribution >= 0.6 is 0 Å². The second kappa shape index (κ2) is 6.64. The number of aromatic nitrogens is 1. The van der Waals surface area contributed by atoms with Gasteiger partial charge in [0, 0.05) is 18.3 Å². The number of nitrogens with zero attached hydrogens (tertiary/aromatic N) is 2. The van der Waals surface area contributed by atoms with E-state index in [2.05, 4.69) is 17.2 Å². The summed E-state index contributed by atoms with van der Waals surface area (Å²) >= 11 is 0. The van der Waals surface area contributed by atoms with Crippen LogP contribution in [-0.2, 0) is 6.54 Å². The largest absolute Gasteiger partial charge is 0.405 e. The summed E-state index contributed by atoms with van der Waals surface area (Å²) < 4.78 is 38.1. The van der Waals surface area contributed by atoms with Crippen LogP contribution in [0.15, 0.2) is 12.1 Å². The Balaban J connectivity index is 2.09. The molecule has 1 aliphatic carbocycles. The summed E-state index contributed by atoms with van der Waals surface area (Å²) in [4.78, 5) is 5.77. The van der Waals surface area contributed by atoms with E-state index in [1.54, 1.807) is 6.07 Å². The average molecular weight is 301 g/mol. The maximum atomic E-state index is 12.7. The molecule has 0 bridgehead atoms. The maximum absolute atomic E-state index is 12.7. The van der Waals surface area contributed by atoms with Gasteiger partial charge in [0.2, 0.25) is 0 Å². The topological polar surface area (TPSA) is 28.2 Å². The third-order valence-electron chi connectivity index (χ3n) is 3.55. The Hall–Kier alpha value is -1.30. The Morgan fingerprint density at radius 2 is 2.05 bits per heavy atom. The Bertz CT molecular complexity index is 470. The minimum absolute atomic E-state index is 0.0115. The van der Waals surface area contributed by atoms with Crippen molar-refractivity contribution >= 4 is 5.82 Å². The van der Waals surface area contributed by atoms with E-state index < -0.39 is 12.7 Å². The van der Waals surface area contributed by atoms with Gasteiger partial charge in [-0.3, -0.25) is 0 Å². The van der Waals surface area contributed by atoms with Crippen LogP contribution in [0.1, 0.15) is 37.4 Å². The molecule has 2 rings (SSSR count). The molecule has 1 fully saturated rings. The predicted molar refractivity (Wildman–Crippen MR) is 77.4 cm³/mol. The lowest BCUT2D eigenvalue weighted by molar-refractivity contribution is -0.120. The van der Waals surface area contributed by atoms with Crippen molar-refractivity contribution in [2.24, 2.45) is 0 Å². The highest BCUT2D eigenvalue weighted by atomic mass is 19.4. The Kier molecular flexibility index (Phi) is 5.08. The van der Waals surface area contributed by atoms with Crippen molar-refractivity contribution in [3.63, 3.8) is 0 Å². The van der Waals surface area contributed by atoms with Crippen LogP contribution in [0.5, 0.6) is 0 Å². The molecule has 1 heterocycles. The molecule has 0 saturated heterocycles. The van der Waals surface area contributed by atoms with E-state index in [4.69, 9.17) is 0 Å². The molecule has 6 heteroatoms. The highest BCUT2D eigenvalue weighted by Gasteiger charge is 2.38. The van der Waals surface area contributed by atoms with Gasteiger partial charge >= 0.3 is 6.18 Å². The number of aryl methyl sites for hydroxylation is 1. The molecule has 1 aromatic rings. The van der Waals surface area contributed by atoms with Crippen molar-refractivity contribution in [1.82, 2.24) is 10.3 Å². The van der Waals surface area contributed by atoms with Gasteiger partial charge in [-0.1, -0.05) is 13.0 Å². The molecule has 1 N–H and O–H groups in total. The first kappa shape index (κ1) is 16.1. The maximum Gasteiger partial charge on any atom is 0.405 e. The number of hydrogen-bond donors (Lipinski definition) is 1. The van der Waals surface area contributed by atoms with E-state index >= 15 is 0 Å². The monoisotopic (exact) mass is 301 g/mol. The first-order chi connectivity index (χ1) is 9.90. The first-order valence-corrected chi connectivity index (χ1v) is 7.41. The van der Waals surface area contributed by atoms with Crippen LogP contribution in [0.25, 0.3) is 0 Å². The Labute approximate surface area is 123 Å². The van der Waals surface area contributed by atoms with Gasteiger partial charge in [-0.05, 0) is 44.4 Å². The number of alkyl halides is 3. The molecule has 1 aliphatic rings. The van der Waals surface area contributed by atoms with Gasteiger partial charge in [-0.2, -0.15) is 13.2 Å². The summed E-state index contributed by atoms with van der Waals surface area (Å²) in [6, 6.07) is 3.58. The van der Waals surface area contributed by atoms with Crippen LogP contribution in [0.3, 0.4) is 0 Å². The lowest BCUT2D eigenvalue weighted by Gasteiger charge is -2.25. The second-order valence-corrected chi connectivity index (χ2v) is 5.57. The van der Waals surface area contributed by atoms with E-state index in [1.807, 2.05) is 13.0 Å². The van der Waals surface area contributed by atoms with Crippen LogP contribution in [0.4, 0.5) is 19.0 Å². The third kappa shape index (κ3) is 4.88. The van der Waals surface area contributed by atoms with Gasteiger partial charge in [0.05, 0.1) is 0 Å². The van der Waals surface area contributed by atoms with Crippen LogP contribution in [-0.4, -0.2) is 30.3 Å². The van der Waals surface area contributed by atoms with Crippen molar-refractivity contribution < 1.29 is 13.2 Å². The van der Waals surface area contributed by atoms with Crippen LogP contribution in [0.2, 0.25) is 0 Å². The van der Waals surface area contributed by atoms with Crippen molar-refractivity contribution in [1.29, 1.82) is 0 Å². The number of nitrogens with one attached hydrogen (secondary N) is 1. The minimum Gasteiger partial charge on any atom is -0.345 e. The summed E-state index contributed by atoms with van der Waals surface area (Å²) in [5.74, 6) is 0.437. The third-order valence-corrected chi connectivity index (χ3v) is 3.55. The van der Waals surface area contributed by atoms with Crippen molar-refractivity contribution in [2.75, 3.05) is 18.0 Å². The van der Waals surface area contributed by atoms with E-state index in [0.29, 0.717) is 12.4 Å². The molecular weight excluding hydrogens is 279 g/mol. The van der Waals surface area contributed by atoms with Gasteiger partial charge in [0.1, 0.15) is 12.4 Å².